The molecule has 1 atom stereocenters. The Morgan fingerprint density at radius 1 is 1.15 bits per heavy atom. The van der Waals surface area contributed by atoms with Crippen LogP contribution in [0.4, 0.5) is 5.69 Å². The number of carboxylic acid groups (broad SMARTS) is 1. The topological polar surface area (TPSA) is 49.3 Å². The van der Waals surface area contributed by atoms with E-state index in [1.807, 2.05) is 18.2 Å². The van der Waals surface area contributed by atoms with Gasteiger partial charge in [0.25, 0.3) is 0 Å². The summed E-state index contributed by atoms with van der Waals surface area (Å²) in [6, 6.07) is 14.1. The molecule has 0 spiro atoms. The van der Waals surface area contributed by atoms with E-state index >= 15 is 0 Å². The number of carboxylic acids is 1. The fourth-order valence-corrected chi connectivity index (χ4v) is 2.35. The third kappa shape index (κ3) is 3.65. The summed E-state index contributed by atoms with van der Waals surface area (Å²) in [6.45, 7) is 0.251. The van der Waals surface area contributed by atoms with Crippen LogP contribution < -0.4 is 5.32 Å². The largest absolute Gasteiger partial charge is 0.481 e. The molecule has 2 aromatic carbocycles. The van der Waals surface area contributed by atoms with E-state index in [0.29, 0.717) is 15.7 Å². The zero-order valence-corrected chi connectivity index (χ0v) is 12.0. The summed E-state index contributed by atoms with van der Waals surface area (Å²) in [5.41, 5.74) is 1.41. The highest BCUT2D eigenvalue weighted by atomic mass is 35.5. The van der Waals surface area contributed by atoms with Crippen molar-refractivity contribution >= 4 is 34.9 Å². The summed E-state index contributed by atoms with van der Waals surface area (Å²) in [4.78, 5) is 11.4. The zero-order valence-electron chi connectivity index (χ0n) is 10.5. The number of hydrogen-bond acceptors (Lipinski definition) is 2. The molecule has 0 fully saturated rings. The highest BCUT2D eigenvalue weighted by Crippen LogP contribution is 2.26. The van der Waals surface area contributed by atoms with Crippen LogP contribution in [0.25, 0.3) is 0 Å². The van der Waals surface area contributed by atoms with Crippen LogP contribution in [0.15, 0.2) is 48.5 Å². The smallest absolute Gasteiger partial charge is 0.312 e. The maximum Gasteiger partial charge on any atom is 0.312 e. The van der Waals surface area contributed by atoms with Gasteiger partial charge < -0.3 is 10.4 Å². The Balaban J connectivity index is 2.12. The number of hydrogen-bond donors (Lipinski definition) is 2. The van der Waals surface area contributed by atoms with Crippen molar-refractivity contribution in [2.45, 2.75) is 5.92 Å². The van der Waals surface area contributed by atoms with Gasteiger partial charge in [-0.2, -0.15) is 0 Å². The highest BCUT2D eigenvalue weighted by Gasteiger charge is 2.19. The van der Waals surface area contributed by atoms with E-state index in [1.54, 1.807) is 30.3 Å². The first kappa shape index (κ1) is 14.7. The molecular formula is C15H13Cl2NO2. The van der Waals surface area contributed by atoms with Gasteiger partial charge in [0.1, 0.15) is 0 Å². The lowest BCUT2D eigenvalue weighted by atomic mass is 9.99. The fourth-order valence-electron chi connectivity index (χ4n) is 1.88. The lowest BCUT2D eigenvalue weighted by Crippen LogP contribution is -2.21. The van der Waals surface area contributed by atoms with Gasteiger partial charge in [0, 0.05) is 11.6 Å². The van der Waals surface area contributed by atoms with Crippen molar-refractivity contribution in [3.8, 4) is 0 Å². The Morgan fingerprint density at radius 2 is 1.85 bits per heavy atom. The molecule has 104 valence electrons. The Labute approximate surface area is 127 Å². The monoisotopic (exact) mass is 309 g/mol. The first-order valence-electron chi connectivity index (χ1n) is 6.04. The second-order valence-electron chi connectivity index (χ2n) is 4.31. The van der Waals surface area contributed by atoms with Gasteiger partial charge in [0.05, 0.1) is 16.6 Å². The Bertz CT molecular complexity index is 602. The molecule has 0 aromatic heterocycles. The quantitative estimate of drug-likeness (QED) is 0.867. The lowest BCUT2D eigenvalue weighted by Gasteiger charge is -2.15. The molecule has 0 saturated heterocycles. The molecule has 0 heterocycles. The molecule has 0 bridgehead atoms. The summed E-state index contributed by atoms with van der Waals surface area (Å²) in [5.74, 6) is -1.52. The van der Waals surface area contributed by atoms with E-state index in [9.17, 15) is 9.90 Å². The van der Waals surface area contributed by atoms with Gasteiger partial charge in [-0.05, 0) is 23.8 Å². The van der Waals surface area contributed by atoms with E-state index in [4.69, 9.17) is 23.2 Å². The van der Waals surface area contributed by atoms with Crippen LogP contribution in [-0.2, 0) is 4.79 Å². The minimum atomic E-state index is -0.881. The second-order valence-corrected chi connectivity index (χ2v) is 5.15. The number of halogens is 2. The molecule has 2 rings (SSSR count). The van der Waals surface area contributed by atoms with Crippen LogP contribution in [0, 0.1) is 0 Å². The van der Waals surface area contributed by atoms with Crippen molar-refractivity contribution in [1.82, 2.24) is 0 Å². The molecule has 20 heavy (non-hydrogen) atoms. The van der Waals surface area contributed by atoms with E-state index in [0.717, 1.165) is 5.56 Å². The number of nitrogens with one attached hydrogen (secondary N) is 1. The second kappa shape index (κ2) is 6.64. The van der Waals surface area contributed by atoms with Crippen molar-refractivity contribution in [2.24, 2.45) is 0 Å². The van der Waals surface area contributed by atoms with Gasteiger partial charge in [-0.1, -0.05) is 53.5 Å². The molecule has 0 aliphatic heterocycles. The molecule has 2 N–H and O–H groups in total. The van der Waals surface area contributed by atoms with Gasteiger partial charge in [-0.15, -0.1) is 0 Å². The average molecular weight is 310 g/mol. The molecule has 5 heteroatoms. The summed E-state index contributed by atoms with van der Waals surface area (Å²) < 4.78 is 0. The van der Waals surface area contributed by atoms with Crippen LogP contribution in [0.5, 0.6) is 0 Å². The number of rotatable bonds is 5. The third-order valence-corrected chi connectivity index (χ3v) is 3.48. The van der Waals surface area contributed by atoms with E-state index < -0.39 is 11.9 Å². The summed E-state index contributed by atoms with van der Waals surface area (Å²) >= 11 is 11.9. The lowest BCUT2D eigenvalue weighted by molar-refractivity contribution is -0.138. The molecule has 1 unspecified atom stereocenters. The number of anilines is 1. The standard InChI is InChI=1S/C15H13Cl2NO2/c16-11-6-7-14(13(17)8-11)18-9-12(15(19)20)10-4-2-1-3-5-10/h1-8,12,18H,9H2,(H,19,20). The Hall–Kier alpha value is -1.71. The SMILES string of the molecule is O=C(O)C(CNc1ccc(Cl)cc1Cl)c1ccccc1. The third-order valence-electron chi connectivity index (χ3n) is 2.93. The summed E-state index contributed by atoms with van der Waals surface area (Å²) in [6.07, 6.45) is 0. The van der Waals surface area contributed by atoms with Crippen molar-refractivity contribution in [3.63, 3.8) is 0 Å². The van der Waals surface area contributed by atoms with Crippen molar-refractivity contribution in [1.29, 1.82) is 0 Å². The van der Waals surface area contributed by atoms with Crippen LogP contribution in [0.3, 0.4) is 0 Å². The van der Waals surface area contributed by atoms with Crippen LogP contribution in [0.1, 0.15) is 11.5 Å². The maximum absolute atomic E-state index is 11.4. The number of aliphatic carboxylic acids is 1. The molecule has 0 amide bonds. The predicted molar refractivity (Wildman–Crippen MR) is 81.8 cm³/mol. The zero-order chi connectivity index (χ0) is 14.5. The first-order valence-corrected chi connectivity index (χ1v) is 6.80. The van der Waals surface area contributed by atoms with E-state index in [1.165, 1.54) is 0 Å². The molecule has 0 aliphatic carbocycles. The molecule has 2 aromatic rings. The molecule has 0 saturated carbocycles. The fraction of sp³-hybridized carbons (Fsp3) is 0.133. The van der Waals surface area contributed by atoms with Gasteiger partial charge in [0.15, 0.2) is 0 Å². The van der Waals surface area contributed by atoms with Crippen LogP contribution >= 0.6 is 23.2 Å². The van der Waals surface area contributed by atoms with Crippen molar-refractivity contribution < 1.29 is 9.90 Å². The Morgan fingerprint density at radius 3 is 2.45 bits per heavy atom. The minimum Gasteiger partial charge on any atom is -0.481 e. The summed E-state index contributed by atoms with van der Waals surface area (Å²) in [7, 11) is 0. The number of benzene rings is 2. The average Bonchev–Trinajstić information content (AvgIpc) is 2.42. The van der Waals surface area contributed by atoms with Crippen LogP contribution in [0.2, 0.25) is 10.0 Å². The van der Waals surface area contributed by atoms with Gasteiger partial charge >= 0.3 is 5.97 Å². The minimum absolute atomic E-state index is 0.251. The van der Waals surface area contributed by atoms with Crippen LogP contribution in [-0.4, -0.2) is 17.6 Å². The molecular weight excluding hydrogens is 297 g/mol. The van der Waals surface area contributed by atoms with Crippen molar-refractivity contribution in [3.05, 3.63) is 64.1 Å². The van der Waals surface area contributed by atoms with Gasteiger partial charge in [0.2, 0.25) is 0 Å². The van der Waals surface area contributed by atoms with E-state index in [2.05, 4.69) is 5.32 Å². The number of carbonyl (C=O) groups is 1. The highest BCUT2D eigenvalue weighted by molar-refractivity contribution is 6.36. The summed E-state index contributed by atoms with van der Waals surface area (Å²) in [5, 5.41) is 13.4. The first-order chi connectivity index (χ1) is 9.58. The normalized spacial score (nSPS) is 11.9. The van der Waals surface area contributed by atoms with Gasteiger partial charge in [-0.3, -0.25) is 4.79 Å². The van der Waals surface area contributed by atoms with E-state index in [-0.39, 0.29) is 6.54 Å². The van der Waals surface area contributed by atoms with Crippen molar-refractivity contribution in [2.75, 3.05) is 11.9 Å². The predicted octanol–water partition coefficient (Wildman–Crippen LogP) is 4.27. The molecule has 0 radical (unpaired) electrons. The molecule has 3 nitrogen and oxygen atoms in total. The maximum atomic E-state index is 11.4. The Kier molecular flexibility index (Phi) is 4.88. The van der Waals surface area contributed by atoms with Gasteiger partial charge in [-0.25, -0.2) is 0 Å². The molecule has 0 aliphatic rings.